The third-order valence-electron chi connectivity index (χ3n) is 1.82. The Balaban J connectivity index is 1.90. The fraction of sp³-hybridized carbons (Fsp3) is 0.222. The predicted octanol–water partition coefficient (Wildman–Crippen LogP) is 2.42. The molecule has 0 saturated carbocycles. The molecule has 0 aromatic carbocycles. The molecule has 2 rings (SSSR count). The zero-order chi connectivity index (χ0) is 9.80. The first kappa shape index (κ1) is 9.48. The summed E-state index contributed by atoms with van der Waals surface area (Å²) in [4.78, 5) is 12.7. The van der Waals surface area contributed by atoms with Crippen molar-refractivity contribution in [2.45, 2.75) is 12.8 Å². The number of carbonyl (C=O) groups is 1. The van der Waals surface area contributed by atoms with E-state index >= 15 is 0 Å². The molecule has 2 aromatic heterocycles. The number of hydrogen-bond acceptors (Lipinski definition) is 5. The second-order valence-corrected chi connectivity index (χ2v) is 4.43. The highest BCUT2D eigenvalue weighted by atomic mass is 32.1. The van der Waals surface area contributed by atoms with Crippen molar-refractivity contribution in [1.29, 1.82) is 0 Å². The molecule has 14 heavy (non-hydrogen) atoms. The lowest BCUT2D eigenvalue weighted by Gasteiger charge is -1.94. The van der Waals surface area contributed by atoms with Crippen molar-refractivity contribution in [3.05, 3.63) is 33.5 Å². The Bertz CT molecular complexity index is 394. The number of ketones is 1. The molecule has 2 heterocycles. The molecule has 0 bridgehead atoms. The average molecular weight is 224 g/mol. The van der Waals surface area contributed by atoms with E-state index in [1.54, 1.807) is 16.7 Å². The van der Waals surface area contributed by atoms with E-state index < -0.39 is 0 Å². The fourth-order valence-electron chi connectivity index (χ4n) is 1.11. The van der Waals surface area contributed by atoms with Gasteiger partial charge in [0, 0.05) is 16.7 Å². The Morgan fingerprint density at radius 1 is 1.50 bits per heavy atom. The van der Waals surface area contributed by atoms with E-state index in [4.69, 9.17) is 0 Å². The van der Waals surface area contributed by atoms with Crippen molar-refractivity contribution in [2.75, 3.05) is 0 Å². The SMILES string of the molecule is O=C(CCc1cccs1)c1csnn1. The van der Waals surface area contributed by atoms with E-state index in [2.05, 4.69) is 9.59 Å². The topological polar surface area (TPSA) is 42.9 Å². The van der Waals surface area contributed by atoms with E-state index in [9.17, 15) is 4.79 Å². The van der Waals surface area contributed by atoms with Crippen LogP contribution in [0.25, 0.3) is 0 Å². The van der Waals surface area contributed by atoms with Gasteiger partial charge in [-0.25, -0.2) is 0 Å². The summed E-state index contributed by atoms with van der Waals surface area (Å²) in [6, 6.07) is 4.03. The number of aromatic nitrogens is 2. The van der Waals surface area contributed by atoms with Crippen LogP contribution < -0.4 is 0 Å². The minimum absolute atomic E-state index is 0.0761. The van der Waals surface area contributed by atoms with Crippen molar-refractivity contribution in [1.82, 2.24) is 9.59 Å². The van der Waals surface area contributed by atoms with Gasteiger partial charge in [0.25, 0.3) is 0 Å². The molecule has 5 heteroatoms. The van der Waals surface area contributed by atoms with Crippen molar-refractivity contribution in [3.63, 3.8) is 0 Å². The number of thiophene rings is 1. The molecule has 0 amide bonds. The summed E-state index contributed by atoms with van der Waals surface area (Å²) >= 11 is 2.89. The minimum Gasteiger partial charge on any atom is -0.292 e. The molecule has 3 nitrogen and oxygen atoms in total. The van der Waals surface area contributed by atoms with E-state index in [1.807, 2.05) is 17.5 Å². The van der Waals surface area contributed by atoms with Crippen molar-refractivity contribution in [2.24, 2.45) is 0 Å². The van der Waals surface area contributed by atoms with Crippen LogP contribution >= 0.6 is 22.9 Å². The van der Waals surface area contributed by atoms with Gasteiger partial charge in [-0.3, -0.25) is 4.79 Å². The van der Waals surface area contributed by atoms with Gasteiger partial charge < -0.3 is 0 Å². The second kappa shape index (κ2) is 4.43. The molecule has 0 unspecified atom stereocenters. The van der Waals surface area contributed by atoms with E-state index in [1.165, 1.54) is 16.4 Å². The maximum absolute atomic E-state index is 11.5. The molecule has 0 aliphatic rings. The molecular formula is C9H8N2OS2. The summed E-state index contributed by atoms with van der Waals surface area (Å²) in [7, 11) is 0. The number of aryl methyl sites for hydroxylation is 1. The molecular weight excluding hydrogens is 216 g/mol. The number of hydrogen-bond donors (Lipinski definition) is 0. The Kier molecular flexibility index (Phi) is 3.00. The monoisotopic (exact) mass is 224 g/mol. The zero-order valence-corrected chi connectivity index (χ0v) is 8.98. The summed E-state index contributed by atoms with van der Waals surface area (Å²) < 4.78 is 3.66. The van der Waals surface area contributed by atoms with Crippen LogP contribution in [0, 0.1) is 0 Å². The normalized spacial score (nSPS) is 10.3. The quantitative estimate of drug-likeness (QED) is 0.749. The van der Waals surface area contributed by atoms with Crippen LogP contribution in [0.3, 0.4) is 0 Å². The van der Waals surface area contributed by atoms with Gasteiger partial charge in [-0.1, -0.05) is 10.6 Å². The molecule has 0 aliphatic carbocycles. The first-order valence-corrected chi connectivity index (χ1v) is 5.90. The van der Waals surface area contributed by atoms with Gasteiger partial charge in [0.2, 0.25) is 0 Å². The highest BCUT2D eigenvalue weighted by Crippen LogP contribution is 2.12. The molecule has 0 atom stereocenters. The Hall–Kier alpha value is -1.07. The van der Waals surface area contributed by atoms with Crippen LogP contribution in [0.5, 0.6) is 0 Å². The van der Waals surface area contributed by atoms with Gasteiger partial charge in [0.05, 0.1) is 0 Å². The lowest BCUT2D eigenvalue weighted by atomic mass is 10.1. The standard InChI is InChI=1S/C9H8N2OS2/c12-9(8-6-14-11-10-8)4-3-7-2-1-5-13-7/h1-2,5-6H,3-4H2. The third-order valence-corrected chi connectivity index (χ3v) is 3.27. The molecule has 0 aliphatic heterocycles. The van der Waals surface area contributed by atoms with Gasteiger partial charge in [0.15, 0.2) is 5.78 Å². The smallest absolute Gasteiger partial charge is 0.184 e. The molecule has 0 fully saturated rings. The lowest BCUT2D eigenvalue weighted by Crippen LogP contribution is -2.00. The summed E-state index contributed by atoms with van der Waals surface area (Å²) in [5.41, 5.74) is 0.492. The van der Waals surface area contributed by atoms with Crippen LogP contribution in [0.2, 0.25) is 0 Å². The van der Waals surface area contributed by atoms with Gasteiger partial charge in [-0.05, 0) is 29.4 Å². The van der Waals surface area contributed by atoms with Gasteiger partial charge in [0.1, 0.15) is 5.69 Å². The van der Waals surface area contributed by atoms with E-state index in [0.29, 0.717) is 12.1 Å². The Morgan fingerprint density at radius 3 is 3.07 bits per heavy atom. The summed E-state index contributed by atoms with van der Waals surface area (Å²) in [5, 5.41) is 7.45. The first-order chi connectivity index (χ1) is 6.86. The predicted molar refractivity (Wildman–Crippen MR) is 56.9 cm³/mol. The Morgan fingerprint density at radius 2 is 2.43 bits per heavy atom. The minimum atomic E-state index is 0.0761. The van der Waals surface area contributed by atoms with Crippen LogP contribution in [0.15, 0.2) is 22.9 Å². The van der Waals surface area contributed by atoms with Crippen LogP contribution in [-0.4, -0.2) is 15.4 Å². The average Bonchev–Trinajstić information content (AvgIpc) is 2.87. The first-order valence-electron chi connectivity index (χ1n) is 4.19. The van der Waals surface area contributed by atoms with Crippen LogP contribution in [0.4, 0.5) is 0 Å². The van der Waals surface area contributed by atoms with Crippen molar-refractivity contribution >= 4 is 28.7 Å². The summed E-state index contributed by atoms with van der Waals surface area (Å²) in [6.07, 6.45) is 1.32. The highest BCUT2D eigenvalue weighted by molar-refractivity contribution is 7.09. The summed E-state index contributed by atoms with van der Waals surface area (Å²) in [6.45, 7) is 0. The van der Waals surface area contributed by atoms with Crippen molar-refractivity contribution < 1.29 is 4.79 Å². The van der Waals surface area contributed by atoms with Gasteiger partial charge >= 0.3 is 0 Å². The lowest BCUT2D eigenvalue weighted by molar-refractivity contribution is 0.0978. The van der Waals surface area contributed by atoms with Crippen LogP contribution in [0.1, 0.15) is 21.8 Å². The Labute approximate surface area is 89.6 Å². The third kappa shape index (κ3) is 2.24. The number of rotatable bonds is 4. The molecule has 0 radical (unpaired) electrons. The fourth-order valence-corrected chi connectivity index (χ4v) is 2.28. The van der Waals surface area contributed by atoms with Crippen LogP contribution in [-0.2, 0) is 6.42 Å². The molecule has 0 N–H and O–H groups in total. The highest BCUT2D eigenvalue weighted by Gasteiger charge is 2.08. The maximum Gasteiger partial charge on any atom is 0.184 e. The molecule has 72 valence electrons. The van der Waals surface area contributed by atoms with Gasteiger partial charge in [-0.15, -0.1) is 16.4 Å². The number of nitrogens with zero attached hydrogens (tertiary/aromatic N) is 2. The number of carbonyl (C=O) groups excluding carboxylic acids is 1. The zero-order valence-electron chi connectivity index (χ0n) is 7.34. The molecule has 0 spiro atoms. The van der Waals surface area contributed by atoms with Crippen molar-refractivity contribution in [3.8, 4) is 0 Å². The molecule has 2 aromatic rings. The van der Waals surface area contributed by atoms with E-state index in [0.717, 1.165) is 6.42 Å². The largest absolute Gasteiger partial charge is 0.292 e. The van der Waals surface area contributed by atoms with E-state index in [-0.39, 0.29) is 5.78 Å². The number of Topliss-reactive ketones (excluding diaryl/α,β-unsaturated/α-hetero) is 1. The molecule has 0 saturated heterocycles. The van der Waals surface area contributed by atoms with Gasteiger partial charge in [-0.2, -0.15) is 0 Å². The summed E-state index contributed by atoms with van der Waals surface area (Å²) in [5.74, 6) is 0.0761. The second-order valence-electron chi connectivity index (χ2n) is 2.79. The maximum atomic E-state index is 11.5.